The highest BCUT2D eigenvalue weighted by Crippen LogP contribution is 2.21. The standard InChI is InChI=1S/C15H14N4O2/c20-14(18-10-5-6-10)11-3-1-2-4-12(11)19-15(21)13-9-16-7-8-17-13/h1-4,7-10H,5-6H2,(H,18,20)(H,19,21). The molecule has 0 saturated heterocycles. The van der Waals surface area contributed by atoms with Crippen molar-refractivity contribution >= 4 is 17.5 Å². The maximum absolute atomic E-state index is 12.1. The van der Waals surface area contributed by atoms with E-state index < -0.39 is 5.91 Å². The van der Waals surface area contributed by atoms with E-state index in [0.717, 1.165) is 12.8 Å². The van der Waals surface area contributed by atoms with E-state index in [0.29, 0.717) is 11.3 Å². The van der Waals surface area contributed by atoms with E-state index >= 15 is 0 Å². The van der Waals surface area contributed by atoms with Crippen molar-refractivity contribution in [2.75, 3.05) is 5.32 Å². The minimum Gasteiger partial charge on any atom is -0.349 e. The summed E-state index contributed by atoms with van der Waals surface area (Å²) in [6.07, 6.45) is 6.34. The molecule has 3 rings (SSSR count). The average Bonchev–Trinajstić information content (AvgIpc) is 3.32. The third-order valence-electron chi connectivity index (χ3n) is 3.13. The van der Waals surface area contributed by atoms with Gasteiger partial charge < -0.3 is 10.6 Å². The lowest BCUT2D eigenvalue weighted by Crippen LogP contribution is -2.27. The van der Waals surface area contributed by atoms with Crippen LogP contribution in [0.15, 0.2) is 42.9 Å². The fraction of sp³-hybridized carbons (Fsp3) is 0.200. The van der Waals surface area contributed by atoms with Crippen molar-refractivity contribution in [2.45, 2.75) is 18.9 Å². The summed E-state index contributed by atoms with van der Waals surface area (Å²) in [5.41, 5.74) is 1.11. The molecule has 2 N–H and O–H groups in total. The number of hydrogen-bond acceptors (Lipinski definition) is 4. The number of rotatable bonds is 4. The third-order valence-corrected chi connectivity index (χ3v) is 3.13. The van der Waals surface area contributed by atoms with Crippen molar-refractivity contribution in [1.29, 1.82) is 0 Å². The van der Waals surface area contributed by atoms with Crippen molar-refractivity contribution in [2.24, 2.45) is 0 Å². The molecule has 2 aromatic rings. The highest BCUT2D eigenvalue weighted by molar-refractivity contribution is 6.08. The number of anilines is 1. The number of nitrogens with one attached hydrogen (secondary N) is 2. The molecular weight excluding hydrogens is 268 g/mol. The first-order valence-electron chi connectivity index (χ1n) is 6.71. The van der Waals surface area contributed by atoms with Gasteiger partial charge in [-0.3, -0.25) is 14.6 Å². The lowest BCUT2D eigenvalue weighted by atomic mass is 10.1. The van der Waals surface area contributed by atoms with E-state index in [9.17, 15) is 9.59 Å². The van der Waals surface area contributed by atoms with Gasteiger partial charge in [0.25, 0.3) is 11.8 Å². The van der Waals surface area contributed by atoms with Crippen LogP contribution in [0.3, 0.4) is 0 Å². The van der Waals surface area contributed by atoms with E-state index in [-0.39, 0.29) is 17.6 Å². The summed E-state index contributed by atoms with van der Waals surface area (Å²) in [7, 11) is 0. The SMILES string of the molecule is O=C(Nc1ccccc1C(=O)NC1CC1)c1cnccn1. The van der Waals surface area contributed by atoms with E-state index in [1.54, 1.807) is 24.3 Å². The number of carbonyl (C=O) groups is 2. The molecule has 1 heterocycles. The Labute approximate surface area is 121 Å². The van der Waals surface area contributed by atoms with Gasteiger partial charge in [0, 0.05) is 18.4 Å². The second-order valence-electron chi connectivity index (χ2n) is 4.84. The van der Waals surface area contributed by atoms with Crippen molar-refractivity contribution in [3.05, 3.63) is 54.1 Å². The predicted molar refractivity (Wildman–Crippen MR) is 76.9 cm³/mol. The Bertz CT molecular complexity index is 668. The summed E-state index contributed by atoms with van der Waals surface area (Å²) < 4.78 is 0. The lowest BCUT2D eigenvalue weighted by Gasteiger charge is -2.10. The fourth-order valence-electron chi connectivity index (χ4n) is 1.88. The van der Waals surface area contributed by atoms with Gasteiger partial charge in [-0.2, -0.15) is 0 Å². The number of nitrogens with zero attached hydrogens (tertiary/aromatic N) is 2. The van der Waals surface area contributed by atoms with Crippen LogP contribution in [0.5, 0.6) is 0 Å². The Morgan fingerprint density at radius 3 is 2.62 bits per heavy atom. The second kappa shape index (κ2) is 5.70. The van der Waals surface area contributed by atoms with Crippen LogP contribution in [-0.4, -0.2) is 27.8 Å². The first-order valence-corrected chi connectivity index (χ1v) is 6.71. The Balaban J connectivity index is 1.78. The number of para-hydroxylation sites is 1. The first kappa shape index (κ1) is 13.2. The largest absolute Gasteiger partial charge is 0.349 e. The predicted octanol–water partition coefficient (Wildman–Crippen LogP) is 1.62. The van der Waals surface area contributed by atoms with Gasteiger partial charge in [0.15, 0.2) is 0 Å². The Morgan fingerprint density at radius 2 is 1.90 bits per heavy atom. The summed E-state index contributed by atoms with van der Waals surface area (Å²) in [6.45, 7) is 0. The van der Waals surface area contributed by atoms with Crippen LogP contribution in [0.4, 0.5) is 5.69 Å². The van der Waals surface area contributed by atoms with Crippen LogP contribution < -0.4 is 10.6 Å². The van der Waals surface area contributed by atoms with E-state index in [1.807, 2.05) is 0 Å². The molecule has 1 fully saturated rings. The lowest BCUT2D eigenvalue weighted by molar-refractivity contribution is 0.0952. The monoisotopic (exact) mass is 282 g/mol. The molecule has 106 valence electrons. The zero-order chi connectivity index (χ0) is 14.7. The highest BCUT2D eigenvalue weighted by Gasteiger charge is 2.25. The normalized spacial score (nSPS) is 13.5. The average molecular weight is 282 g/mol. The second-order valence-corrected chi connectivity index (χ2v) is 4.84. The zero-order valence-corrected chi connectivity index (χ0v) is 11.2. The molecule has 21 heavy (non-hydrogen) atoms. The van der Waals surface area contributed by atoms with Crippen molar-refractivity contribution in [3.63, 3.8) is 0 Å². The van der Waals surface area contributed by atoms with Crippen LogP contribution in [0.25, 0.3) is 0 Å². The van der Waals surface area contributed by atoms with Gasteiger partial charge >= 0.3 is 0 Å². The summed E-state index contributed by atoms with van der Waals surface area (Å²) in [4.78, 5) is 32.0. The first-order chi connectivity index (χ1) is 10.2. The molecule has 6 heteroatoms. The minimum absolute atomic E-state index is 0.174. The Hall–Kier alpha value is -2.76. The number of benzene rings is 1. The molecular formula is C15H14N4O2. The summed E-state index contributed by atoms with van der Waals surface area (Å²) in [6, 6.07) is 7.17. The number of carbonyl (C=O) groups excluding carboxylic acids is 2. The summed E-state index contributed by atoms with van der Waals surface area (Å²) in [5, 5.41) is 5.60. The van der Waals surface area contributed by atoms with Crippen molar-refractivity contribution in [3.8, 4) is 0 Å². The third kappa shape index (κ3) is 3.22. The minimum atomic E-state index is -0.394. The molecule has 2 amide bonds. The Kier molecular flexibility index (Phi) is 3.59. The van der Waals surface area contributed by atoms with Crippen LogP contribution >= 0.6 is 0 Å². The fourth-order valence-corrected chi connectivity index (χ4v) is 1.88. The molecule has 0 bridgehead atoms. The van der Waals surface area contributed by atoms with Gasteiger partial charge in [-0.15, -0.1) is 0 Å². The van der Waals surface area contributed by atoms with Crippen molar-refractivity contribution < 1.29 is 9.59 Å². The topological polar surface area (TPSA) is 84.0 Å². The van der Waals surface area contributed by atoms with Crippen molar-refractivity contribution in [1.82, 2.24) is 15.3 Å². The molecule has 0 unspecified atom stereocenters. The number of aromatic nitrogens is 2. The summed E-state index contributed by atoms with van der Waals surface area (Å²) in [5.74, 6) is -0.567. The van der Waals surface area contributed by atoms with Gasteiger partial charge in [0.1, 0.15) is 5.69 Å². The molecule has 1 aromatic carbocycles. The molecule has 6 nitrogen and oxygen atoms in total. The van der Waals surface area contributed by atoms with Gasteiger partial charge in [0.05, 0.1) is 17.4 Å². The molecule has 0 aliphatic heterocycles. The van der Waals surface area contributed by atoms with Crippen LogP contribution in [-0.2, 0) is 0 Å². The van der Waals surface area contributed by atoms with Gasteiger partial charge in [-0.25, -0.2) is 4.98 Å². The molecule has 1 aliphatic rings. The smallest absolute Gasteiger partial charge is 0.275 e. The molecule has 0 atom stereocenters. The molecule has 1 aromatic heterocycles. The van der Waals surface area contributed by atoms with Crippen LogP contribution in [0.1, 0.15) is 33.7 Å². The molecule has 1 aliphatic carbocycles. The quantitative estimate of drug-likeness (QED) is 0.892. The van der Waals surface area contributed by atoms with E-state index in [4.69, 9.17) is 0 Å². The molecule has 0 spiro atoms. The van der Waals surface area contributed by atoms with Crippen LogP contribution in [0.2, 0.25) is 0 Å². The van der Waals surface area contributed by atoms with Gasteiger partial charge in [-0.1, -0.05) is 12.1 Å². The zero-order valence-electron chi connectivity index (χ0n) is 11.2. The Morgan fingerprint density at radius 1 is 1.10 bits per heavy atom. The molecule has 0 radical (unpaired) electrons. The number of amides is 2. The number of hydrogen-bond donors (Lipinski definition) is 2. The maximum atomic E-state index is 12.1. The van der Waals surface area contributed by atoms with Gasteiger partial charge in [0.2, 0.25) is 0 Å². The van der Waals surface area contributed by atoms with Crippen LogP contribution in [0, 0.1) is 0 Å². The molecule has 1 saturated carbocycles. The van der Waals surface area contributed by atoms with E-state index in [1.165, 1.54) is 18.6 Å². The maximum Gasteiger partial charge on any atom is 0.275 e. The highest BCUT2D eigenvalue weighted by atomic mass is 16.2. The summed E-state index contributed by atoms with van der Waals surface area (Å²) >= 11 is 0. The van der Waals surface area contributed by atoms with Gasteiger partial charge in [-0.05, 0) is 25.0 Å². The van der Waals surface area contributed by atoms with E-state index in [2.05, 4.69) is 20.6 Å².